The molecule has 0 atom stereocenters. The van der Waals surface area contributed by atoms with Crippen molar-refractivity contribution in [2.24, 2.45) is 5.41 Å². The Labute approximate surface area is 127 Å². The predicted molar refractivity (Wildman–Crippen MR) is 85.1 cm³/mol. The Kier molecular flexibility index (Phi) is 3.24. The van der Waals surface area contributed by atoms with Crippen LogP contribution in [-0.4, -0.2) is 5.97 Å². The fourth-order valence-electron chi connectivity index (χ4n) is 2.18. The minimum Gasteiger partial charge on any atom is -0.426 e. The third kappa shape index (κ3) is 2.48. The third-order valence-corrected chi connectivity index (χ3v) is 3.42. The average Bonchev–Trinajstić information content (AvgIpc) is 2.46. The summed E-state index contributed by atoms with van der Waals surface area (Å²) in [5.41, 5.74) is -0.593. The molecule has 3 rings (SSSR count). The van der Waals surface area contributed by atoms with Gasteiger partial charge in [-0.1, -0.05) is 18.2 Å². The number of carbonyl (C=O) groups excluding carboxylic acids is 1. The second-order valence-corrected chi connectivity index (χ2v) is 6.23. The molecule has 112 valence electrons. The average molecular weight is 296 g/mol. The Morgan fingerprint density at radius 3 is 2.36 bits per heavy atom. The van der Waals surface area contributed by atoms with E-state index in [9.17, 15) is 9.59 Å². The van der Waals surface area contributed by atoms with Crippen LogP contribution in [0.25, 0.3) is 21.7 Å². The van der Waals surface area contributed by atoms with E-state index >= 15 is 0 Å². The van der Waals surface area contributed by atoms with E-state index < -0.39 is 11.0 Å². The second kappa shape index (κ2) is 4.98. The van der Waals surface area contributed by atoms with Gasteiger partial charge in [-0.05, 0) is 44.4 Å². The summed E-state index contributed by atoms with van der Waals surface area (Å²) in [5.74, 6) is 0.0286. The summed E-state index contributed by atoms with van der Waals surface area (Å²) in [4.78, 5) is 23.9. The molecule has 0 saturated heterocycles. The SMILES string of the molecule is CC(C)(C)C(=O)Oc1ccc2c(c1)oc(=O)c1ccccc12. The molecule has 0 radical (unpaired) electrons. The lowest BCUT2D eigenvalue weighted by Gasteiger charge is -2.16. The molecule has 1 heterocycles. The van der Waals surface area contributed by atoms with Gasteiger partial charge in [0.1, 0.15) is 11.3 Å². The fourth-order valence-corrected chi connectivity index (χ4v) is 2.18. The number of carbonyl (C=O) groups is 1. The summed E-state index contributed by atoms with van der Waals surface area (Å²) in [6.07, 6.45) is 0. The van der Waals surface area contributed by atoms with Crippen LogP contribution in [0.5, 0.6) is 5.75 Å². The van der Waals surface area contributed by atoms with Gasteiger partial charge in [-0.2, -0.15) is 0 Å². The van der Waals surface area contributed by atoms with Gasteiger partial charge in [0.15, 0.2) is 0 Å². The molecule has 0 N–H and O–H groups in total. The summed E-state index contributed by atoms with van der Waals surface area (Å²) in [5, 5.41) is 2.17. The molecular formula is C18H16O4. The predicted octanol–water partition coefficient (Wildman–Crippen LogP) is 3.90. The number of benzene rings is 2. The van der Waals surface area contributed by atoms with Crippen LogP contribution in [0.15, 0.2) is 51.7 Å². The van der Waals surface area contributed by atoms with Crippen molar-refractivity contribution >= 4 is 27.7 Å². The van der Waals surface area contributed by atoms with Crippen LogP contribution in [0, 0.1) is 5.41 Å². The van der Waals surface area contributed by atoms with Crippen molar-refractivity contribution in [1.29, 1.82) is 0 Å². The third-order valence-electron chi connectivity index (χ3n) is 3.42. The first-order chi connectivity index (χ1) is 10.4. The van der Waals surface area contributed by atoms with Crippen molar-refractivity contribution in [3.05, 3.63) is 52.9 Å². The molecule has 0 aliphatic heterocycles. The molecule has 4 heteroatoms. The first-order valence-corrected chi connectivity index (χ1v) is 7.04. The van der Waals surface area contributed by atoms with Gasteiger partial charge in [0.05, 0.1) is 10.8 Å². The summed E-state index contributed by atoms with van der Waals surface area (Å²) in [6.45, 7) is 5.35. The zero-order chi connectivity index (χ0) is 15.9. The van der Waals surface area contributed by atoms with Crippen LogP contribution in [0.1, 0.15) is 20.8 Å². The fraction of sp³-hybridized carbons (Fsp3) is 0.222. The molecule has 0 spiro atoms. The van der Waals surface area contributed by atoms with Crippen LogP contribution in [0.3, 0.4) is 0 Å². The topological polar surface area (TPSA) is 56.5 Å². The highest BCUT2D eigenvalue weighted by Gasteiger charge is 2.24. The Morgan fingerprint density at radius 1 is 1.00 bits per heavy atom. The standard InChI is InChI=1S/C18H16O4/c1-18(2,3)17(20)21-11-8-9-13-12-6-4-5-7-14(12)16(19)22-15(13)10-11/h4-10H,1-3H3. The molecule has 0 saturated carbocycles. The lowest BCUT2D eigenvalue weighted by molar-refractivity contribution is -0.142. The first kappa shape index (κ1) is 14.3. The molecule has 0 amide bonds. The summed E-state index contributed by atoms with van der Waals surface area (Å²) in [7, 11) is 0. The van der Waals surface area contributed by atoms with E-state index in [0.717, 1.165) is 10.8 Å². The van der Waals surface area contributed by atoms with E-state index in [2.05, 4.69) is 0 Å². The number of hydrogen-bond donors (Lipinski definition) is 0. The lowest BCUT2D eigenvalue weighted by atomic mass is 9.97. The van der Waals surface area contributed by atoms with Gasteiger partial charge < -0.3 is 9.15 Å². The van der Waals surface area contributed by atoms with Crippen molar-refractivity contribution in [1.82, 2.24) is 0 Å². The maximum atomic E-state index is 12.0. The Balaban J connectivity index is 2.13. The molecule has 0 aliphatic carbocycles. The van der Waals surface area contributed by atoms with Gasteiger partial charge in [0.25, 0.3) is 0 Å². The van der Waals surface area contributed by atoms with Crippen molar-refractivity contribution in [3.8, 4) is 5.75 Å². The van der Waals surface area contributed by atoms with Gasteiger partial charge in [-0.3, -0.25) is 4.79 Å². The Morgan fingerprint density at radius 2 is 1.68 bits per heavy atom. The zero-order valence-electron chi connectivity index (χ0n) is 12.7. The van der Waals surface area contributed by atoms with Gasteiger partial charge in [-0.15, -0.1) is 0 Å². The van der Waals surface area contributed by atoms with E-state index in [-0.39, 0.29) is 5.97 Å². The first-order valence-electron chi connectivity index (χ1n) is 7.04. The van der Waals surface area contributed by atoms with E-state index in [1.807, 2.05) is 12.1 Å². The minimum absolute atomic E-state index is 0.338. The highest BCUT2D eigenvalue weighted by Crippen LogP contribution is 2.27. The number of fused-ring (bicyclic) bond motifs is 3. The maximum absolute atomic E-state index is 12.0. The molecule has 0 aliphatic rings. The quantitative estimate of drug-likeness (QED) is 0.296. The Bertz CT molecular complexity index is 929. The van der Waals surface area contributed by atoms with Gasteiger partial charge in [0, 0.05) is 11.5 Å². The molecular weight excluding hydrogens is 280 g/mol. The normalized spacial score (nSPS) is 11.8. The van der Waals surface area contributed by atoms with Crippen molar-refractivity contribution in [3.63, 3.8) is 0 Å². The molecule has 0 unspecified atom stereocenters. The van der Waals surface area contributed by atoms with Gasteiger partial charge in [0.2, 0.25) is 0 Å². The number of hydrogen-bond acceptors (Lipinski definition) is 4. The molecule has 0 bridgehead atoms. The molecule has 3 aromatic rings. The number of ether oxygens (including phenoxy) is 1. The minimum atomic E-state index is -0.598. The van der Waals surface area contributed by atoms with Gasteiger partial charge >= 0.3 is 11.6 Å². The van der Waals surface area contributed by atoms with E-state index in [0.29, 0.717) is 16.7 Å². The largest absolute Gasteiger partial charge is 0.426 e. The van der Waals surface area contributed by atoms with E-state index in [1.165, 1.54) is 0 Å². The molecule has 0 fully saturated rings. The highest BCUT2D eigenvalue weighted by molar-refractivity contribution is 6.04. The van der Waals surface area contributed by atoms with Crippen molar-refractivity contribution < 1.29 is 13.9 Å². The monoisotopic (exact) mass is 296 g/mol. The number of esters is 1. The molecule has 22 heavy (non-hydrogen) atoms. The summed E-state index contributed by atoms with van der Waals surface area (Å²) >= 11 is 0. The van der Waals surface area contributed by atoms with Crippen LogP contribution >= 0.6 is 0 Å². The summed E-state index contributed by atoms with van der Waals surface area (Å²) < 4.78 is 10.7. The molecule has 2 aromatic carbocycles. The Hall–Kier alpha value is -2.62. The van der Waals surface area contributed by atoms with Gasteiger partial charge in [-0.25, -0.2) is 4.79 Å². The zero-order valence-corrected chi connectivity index (χ0v) is 12.7. The lowest BCUT2D eigenvalue weighted by Crippen LogP contribution is -2.25. The van der Waals surface area contributed by atoms with Crippen molar-refractivity contribution in [2.75, 3.05) is 0 Å². The molecule has 4 nitrogen and oxygen atoms in total. The van der Waals surface area contributed by atoms with E-state index in [4.69, 9.17) is 9.15 Å². The maximum Gasteiger partial charge on any atom is 0.344 e. The van der Waals surface area contributed by atoms with Crippen LogP contribution in [0.4, 0.5) is 0 Å². The van der Waals surface area contributed by atoms with E-state index in [1.54, 1.807) is 51.1 Å². The van der Waals surface area contributed by atoms with Crippen LogP contribution < -0.4 is 10.4 Å². The van der Waals surface area contributed by atoms with Crippen molar-refractivity contribution in [2.45, 2.75) is 20.8 Å². The number of rotatable bonds is 1. The highest BCUT2D eigenvalue weighted by atomic mass is 16.5. The summed E-state index contributed by atoms with van der Waals surface area (Å²) in [6, 6.07) is 12.3. The van der Waals surface area contributed by atoms with Crippen LogP contribution in [0.2, 0.25) is 0 Å². The molecule has 1 aromatic heterocycles. The second-order valence-electron chi connectivity index (χ2n) is 6.23. The smallest absolute Gasteiger partial charge is 0.344 e. The van der Waals surface area contributed by atoms with Crippen LogP contribution in [-0.2, 0) is 4.79 Å².